The van der Waals surface area contributed by atoms with E-state index in [2.05, 4.69) is 15.6 Å². The van der Waals surface area contributed by atoms with Crippen LogP contribution in [0.25, 0.3) is 0 Å². The molecule has 0 amide bonds. The van der Waals surface area contributed by atoms with Crippen LogP contribution in [-0.4, -0.2) is 27.1 Å². The molecule has 0 bridgehead atoms. The average Bonchev–Trinajstić information content (AvgIpc) is 2.72. The zero-order valence-corrected chi connectivity index (χ0v) is 9.25. The van der Waals surface area contributed by atoms with Crippen LogP contribution in [0.15, 0.2) is 27.7 Å². The predicted octanol–water partition coefficient (Wildman–Crippen LogP) is -0.295. The molecule has 2 N–H and O–H groups in total. The lowest BCUT2D eigenvalue weighted by atomic mass is 10.3. The van der Waals surface area contributed by atoms with Crippen molar-refractivity contribution in [3.63, 3.8) is 0 Å². The zero-order valence-electron chi connectivity index (χ0n) is 9.25. The highest BCUT2D eigenvalue weighted by Crippen LogP contribution is 2.05. The van der Waals surface area contributed by atoms with Crippen molar-refractivity contribution in [2.45, 2.75) is 13.1 Å². The molecule has 0 spiro atoms. The standard InChI is InChI=1S/C10H12N4O3/c1-11-3-7-4-14(13-12-7)5-8-2-9(15)10(16)6-17-8/h2,4,6,11,16H,3,5H2,1H3. The number of aromatic hydroxyl groups is 1. The minimum Gasteiger partial charge on any atom is -0.502 e. The summed E-state index contributed by atoms with van der Waals surface area (Å²) in [4.78, 5) is 11.2. The van der Waals surface area contributed by atoms with Gasteiger partial charge in [-0.15, -0.1) is 5.10 Å². The number of hydrogen-bond donors (Lipinski definition) is 2. The molecule has 2 aromatic rings. The van der Waals surface area contributed by atoms with Gasteiger partial charge in [-0.2, -0.15) is 0 Å². The first-order chi connectivity index (χ1) is 8.19. The monoisotopic (exact) mass is 236 g/mol. The van der Waals surface area contributed by atoms with Crippen molar-refractivity contribution in [3.8, 4) is 5.75 Å². The Bertz CT molecular complexity index is 561. The molecule has 0 aliphatic heterocycles. The van der Waals surface area contributed by atoms with E-state index < -0.39 is 11.2 Å². The first-order valence-electron chi connectivity index (χ1n) is 5.03. The van der Waals surface area contributed by atoms with Crippen molar-refractivity contribution in [1.29, 1.82) is 0 Å². The minimum absolute atomic E-state index is 0.298. The number of nitrogens with zero attached hydrogens (tertiary/aromatic N) is 3. The van der Waals surface area contributed by atoms with Crippen LogP contribution in [0, 0.1) is 0 Å². The van der Waals surface area contributed by atoms with Gasteiger partial charge in [0, 0.05) is 12.6 Å². The second kappa shape index (κ2) is 4.79. The molecule has 17 heavy (non-hydrogen) atoms. The molecule has 2 aromatic heterocycles. The molecule has 0 fully saturated rings. The van der Waals surface area contributed by atoms with Gasteiger partial charge in [-0.25, -0.2) is 4.68 Å². The van der Waals surface area contributed by atoms with E-state index in [9.17, 15) is 4.79 Å². The van der Waals surface area contributed by atoms with E-state index in [1.807, 2.05) is 7.05 Å². The molecule has 90 valence electrons. The summed E-state index contributed by atoms with van der Waals surface area (Å²) in [5.41, 5.74) is 0.329. The molecule has 7 heteroatoms. The van der Waals surface area contributed by atoms with E-state index in [0.717, 1.165) is 12.0 Å². The topological polar surface area (TPSA) is 93.2 Å². The van der Waals surface area contributed by atoms with Gasteiger partial charge in [-0.3, -0.25) is 4.79 Å². The lowest BCUT2D eigenvalue weighted by Gasteiger charge is -1.99. The molecule has 0 aliphatic carbocycles. The van der Waals surface area contributed by atoms with Gasteiger partial charge in [0.25, 0.3) is 0 Å². The third-order valence-electron chi connectivity index (χ3n) is 2.13. The maximum atomic E-state index is 11.2. The summed E-state index contributed by atoms with van der Waals surface area (Å²) >= 11 is 0. The summed E-state index contributed by atoms with van der Waals surface area (Å²) < 4.78 is 6.62. The van der Waals surface area contributed by atoms with Crippen molar-refractivity contribution in [2.24, 2.45) is 0 Å². The Hall–Kier alpha value is -2.15. The third kappa shape index (κ3) is 2.70. The molecular weight excluding hydrogens is 224 g/mol. The lowest BCUT2D eigenvalue weighted by molar-refractivity contribution is 0.403. The van der Waals surface area contributed by atoms with Gasteiger partial charge in [0.1, 0.15) is 18.6 Å². The van der Waals surface area contributed by atoms with Gasteiger partial charge < -0.3 is 14.8 Å². The van der Waals surface area contributed by atoms with Crippen molar-refractivity contribution in [1.82, 2.24) is 20.3 Å². The lowest BCUT2D eigenvalue weighted by Crippen LogP contribution is -2.06. The van der Waals surface area contributed by atoms with E-state index in [4.69, 9.17) is 9.52 Å². The Labute approximate surface area is 96.7 Å². The summed E-state index contributed by atoms with van der Waals surface area (Å²) in [5.74, 6) is 0.0110. The van der Waals surface area contributed by atoms with Crippen LogP contribution >= 0.6 is 0 Å². The number of hydrogen-bond acceptors (Lipinski definition) is 6. The van der Waals surface area contributed by atoms with Crippen LogP contribution in [0.2, 0.25) is 0 Å². The fourth-order valence-electron chi connectivity index (χ4n) is 1.36. The van der Waals surface area contributed by atoms with Gasteiger partial charge in [-0.1, -0.05) is 5.21 Å². The van der Waals surface area contributed by atoms with Gasteiger partial charge in [-0.05, 0) is 7.05 Å². The molecule has 0 saturated carbocycles. The Morgan fingerprint density at radius 2 is 2.41 bits per heavy atom. The summed E-state index contributed by atoms with van der Waals surface area (Å²) in [6.45, 7) is 0.922. The predicted molar refractivity (Wildman–Crippen MR) is 58.5 cm³/mol. The van der Waals surface area contributed by atoms with E-state index in [0.29, 0.717) is 18.8 Å². The van der Waals surface area contributed by atoms with Crippen molar-refractivity contribution in [2.75, 3.05) is 7.05 Å². The highest BCUT2D eigenvalue weighted by atomic mass is 16.4. The maximum absolute atomic E-state index is 11.2. The van der Waals surface area contributed by atoms with E-state index in [-0.39, 0.29) is 0 Å². The fourth-order valence-corrected chi connectivity index (χ4v) is 1.36. The van der Waals surface area contributed by atoms with Crippen LogP contribution in [0.1, 0.15) is 11.5 Å². The molecule has 0 saturated heterocycles. The van der Waals surface area contributed by atoms with Crippen LogP contribution in [0.4, 0.5) is 0 Å². The van der Waals surface area contributed by atoms with Crippen molar-refractivity contribution >= 4 is 0 Å². The highest BCUT2D eigenvalue weighted by molar-refractivity contribution is 5.15. The number of nitrogens with one attached hydrogen (secondary N) is 1. The van der Waals surface area contributed by atoms with Crippen molar-refractivity contribution in [3.05, 3.63) is 40.2 Å². The summed E-state index contributed by atoms with van der Waals surface area (Å²) in [7, 11) is 1.82. The smallest absolute Gasteiger partial charge is 0.226 e. The van der Waals surface area contributed by atoms with E-state index in [1.54, 1.807) is 10.9 Å². The summed E-state index contributed by atoms with van der Waals surface area (Å²) in [5, 5.41) is 19.8. The minimum atomic E-state index is -0.471. The van der Waals surface area contributed by atoms with Crippen LogP contribution < -0.4 is 10.7 Å². The molecule has 0 unspecified atom stereocenters. The Morgan fingerprint density at radius 1 is 1.59 bits per heavy atom. The normalized spacial score (nSPS) is 10.6. The first-order valence-corrected chi connectivity index (χ1v) is 5.03. The number of aromatic nitrogens is 3. The highest BCUT2D eigenvalue weighted by Gasteiger charge is 2.05. The Morgan fingerprint density at radius 3 is 3.12 bits per heavy atom. The quantitative estimate of drug-likeness (QED) is 0.757. The third-order valence-corrected chi connectivity index (χ3v) is 2.13. The summed E-state index contributed by atoms with van der Waals surface area (Å²) in [6, 6.07) is 1.23. The maximum Gasteiger partial charge on any atom is 0.226 e. The molecule has 7 nitrogen and oxygen atoms in total. The second-order valence-electron chi connectivity index (χ2n) is 3.53. The van der Waals surface area contributed by atoms with Gasteiger partial charge in [0.05, 0.1) is 11.9 Å². The largest absolute Gasteiger partial charge is 0.502 e. The van der Waals surface area contributed by atoms with Crippen LogP contribution in [0.5, 0.6) is 5.75 Å². The molecular formula is C10H12N4O3. The molecule has 2 heterocycles. The molecule has 0 atom stereocenters. The molecule has 0 aromatic carbocycles. The summed E-state index contributed by atoms with van der Waals surface area (Å²) in [6.07, 6.45) is 2.77. The number of rotatable bonds is 4. The zero-order chi connectivity index (χ0) is 12.3. The van der Waals surface area contributed by atoms with E-state index in [1.165, 1.54) is 6.07 Å². The Kier molecular flexibility index (Phi) is 3.20. The second-order valence-corrected chi connectivity index (χ2v) is 3.53. The fraction of sp³-hybridized carbons (Fsp3) is 0.300. The van der Waals surface area contributed by atoms with E-state index >= 15 is 0 Å². The van der Waals surface area contributed by atoms with Gasteiger partial charge in [0.2, 0.25) is 5.43 Å². The van der Waals surface area contributed by atoms with Crippen LogP contribution in [-0.2, 0) is 13.1 Å². The average molecular weight is 236 g/mol. The van der Waals surface area contributed by atoms with Crippen LogP contribution in [0.3, 0.4) is 0 Å². The molecule has 0 aliphatic rings. The SMILES string of the molecule is CNCc1cn(Cc2cc(=O)c(O)co2)nn1. The van der Waals surface area contributed by atoms with Gasteiger partial charge in [0.15, 0.2) is 5.75 Å². The molecule has 0 radical (unpaired) electrons. The molecule has 2 rings (SSSR count). The Balaban J connectivity index is 2.13. The van der Waals surface area contributed by atoms with Gasteiger partial charge >= 0.3 is 0 Å². The van der Waals surface area contributed by atoms with Crippen molar-refractivity contribution < 1.29 is 9.52 Å². The first kappa shape index (κ1) is 11.3.